The van der Waals surface area contributed by atoms with E-state index in [0.29, 0.717) is 10.0 Å². The summed E-state index contributed by atoms with van der Waals surface area (Å²) in [4.78, 5) is 16.3. The number of H-pyrrole nitrogens is 2. The molecule has 7 heteroatoms. The molecule has 0 unspecified atom stereocenters. The molecule has 1 aromatic carbocycles. The zero-order valence-electron chi connectivity index (χ0n) is 17.4. The van der Waals surface area contributed by atoms with Crippen LogP contribution in [0.4, 0.5) is 0 Å². The molecule has 0 amide bonds. The molecule has 2 N–H and O–H groups in total. The third-order valence-electron chi connectivity index (χ3n) is 5.40. The van der Waals surface area contributed by atoms with Crippen molar-refractivity contribution in [1.82, 2.24) is 19.9 Å². The van der Waals surface area contributed by atoms with Gasteiger partial charge in [0.1, 0.15) is 0 Å². The third-order valence-corrected chi connectivity index (χ3v) is 6.03. The van der Waals surface area contributed by atoms with Crippen molar-refractivity contribution in [1.29, 1.82) is 0 Å². The van der Waals surface area contributed by atoms with E-state index in [1.807, 2.05) is 85.0 Å². The molecule has 3 aromatic heterocycles. The van der Waals surface area contributed by atoms with E-state index in [9.17, 15) is 0 Å². The Morgan fingerprint density at radius 2 is 1.09 bits per heavy atom. The molecule has 0 spiro atoms. The maximum absolute atomic E-state index is 6.54. The predicted molar refractivity (Wildman–Crippen MR) is 134 cm³/mol. The molecule has 156 valence electrons. The third kappa shape index (κ3) is 4.32. The van der Waals surface area contributed by atoms with E-state index in [1.165, 1.54) is 0 Å². The van der Waals surface area contributed by atoms with Gasteiger partial charge in [-0.05, 0) is 78.9 Å². The zero-order chi connectivity index (χ0) is 21.7. The monoisotopic (exact) mass is 518 g/mol. The number of nitrogens with zero attached hydrogens (tertiary/aromatic N) is 2. The van der Waals surface area contributed by atoms with Crippen LogP contribution in [0.3, 0.4) is 0 Å². The second-order valence-electron chi connectivity index (χ2n) is 7.68. The minimum atomic E-state index is 0. The number of benzene rings is 1. The fraction of sp³-hybridized carbons (Fsp3) is 0. The van der Waals surface area contributed by atoms with Gasteiger partial charge in [0, 0.05) is 62.7 Å². The number of fused-ring (bicyclic) bond motifs is 8. The summed E-state index contributed by atoms with van der Waals surface area (Å²) in [6.45, 7) is 0. The van der Waals surface area contributed by atoms with Crippen LogP contribution < -0.4 is 0 Å². The summed E-state index contributed by atoms with van der Waals surface area (Å²) in [7, 11) is 0. The molecule has 4 nitrogen and oxygen atoms in total. The maximum Gasteiger partial charge on any atom is 0.0658 e. The van der Waals surface area contributed by atoms with Crippen molar-refractivity contribution in [2.75, 3.05) is 0 Å². The standard InChI is InChI=1S/C26H16Cl2N4.Zn/c27-23-2-1-3-24(28)26(23)22-13-21-12-19-7-6-17(30-19)10-15-4-5-16(29-15)11-18-8-9-20(31-18)14-25(22)32-21;/h1-14,29,32H;. The Balaban J connectivity index is 0.00000228. The molecule has 5 heterocycles. The summed E-state index contributed by atoms with van der Waals surface area (Å²) in [6.07, 6.45) is 7.99. The molecule has 0 saturated carbocycles. The van der Waals surface area contributed by atoms with Gasteiger partial charge in [-0.15, -0.1) is 0 Å². The van der Waals surface area contributed by atoms with Crippen LogP contribution in [0.2, 0.25) is 10.0 Å². The summed E-state index contributed by atoms with van der Waals surface area (Å²) >= 11 is 13.1. The molecule has 0 aliphatic carbocycles. The van der Waals surface area contributed by atoms with Crippen LogP contribution >= 0.6 is 23.2 Å². The first-order valence-electron chi connectivity index (χ1n) is 10.1. The second kappa shape index (κ2) is 8.75. The van der Waals surface area contributed by atoms with Crippen molar-refractivity contribution in [3.8, 4) is 11.1 Å². The summed E-state index contributed by atoms with van der Waals surface area (Å²) in [5.41, 5.74) is 8.92. The van der Waals surface area contributed by atoms with Gasteiger partial charge in [-0.25, -0.2) is 9.97 Å². The summed E-state index contributed by atoms with van der Waals surface area (Å²) in [6, 6.07) is 19.7. The van der Waals surface area contributed by atoms with E-state index in [2.05, 4.69) is 9.97 Å². The molecule has 2 aliphatic heterocycles. The summed E-state index contributed by atoms with van der Waals surface area (Å²) in [5.74, 6) is 0. The van der Waals surface area contributed by atoms with E-state index in [-0.39, 0.29) is 19.5 Å². The molecule has 33 heavy (non-hydrogen) atoms. The number of aromatic nitrogens is 4. The van der Waals surface area contributed by atoms with Crippen LogP contribution in [0.1, 0.15) is 22.8 Å². The molecule has 0 radical (unpaired) electrons. The first kappa shape index (κ1) is 21.8. The average Bonchev–Trinajstić information content (AvgIpc) is 3.54. The van der Waals surface area contributed by atoms with E-state index >= 15 is 0 Å². The Kier molecular flexibility index (Phi) is 5.80. The summed E-state index contributed by atoms with van der Waals surface area (Å²) in [5, 5.41) is 1.19. The van der Waals surface area contributed by atoms with Crippen molar-refractivity contribution < 1.29 is 19.5 Å². The minimum absolute atomic E-state index is 0. The maximum atomic E-state index is 6.54. The quantitative estimate of drug-likeness (QED) is 0.219. The van der Waals surface area contributed by atoms with E-state index < -0.39 is 0 Å². The number of rotatable bonds is 1. The minimum Gasteiger partial charge on any atom is -0.355 e. The van der Waals surface area contributed by atoms with Crippen molar-refractivity contribution in [3.05, 3.63) is 93.5 Å². The van der Waals surface area contributed by atoms with E-state index in [4.69, 9.17) is 33.2 Å². The molecule has 4 aromatic rings. The first-order valence-corrected chi connectivity index (χ1v) is 10.9. The van der Waals surface area contributed by atoms with Gasteiger partial charge in [-0.2, -0.15) is 0 Å². The fourth-order valence-corrected chi connectivity index (χ4v) is 4.58. The van der Waals surface area contributed by atoms with Gasteiger partial charge >= 0.3 is 0 Å². The fourth-order valence-electron chi connectivity index (χ4n) is 3.98. The smallest absolute Gasteiger partial charge is 0.0658 e. The van der Waals surface area contributed by atoms with Crippen molar-refractivity contribution in [2.24, 2.45) is 0 Å². The van der Waals surface area contributed by atoms with Crippen molar-refractivity contribution in [3.63, 3.8) is 0 Å². The van der Waals surface area contributed by atoms with Crippen molar-refractivity contribution >= 4 is 69.6 Å². The summed E-state index contributed by atoms with van der Waals surface area (Å²) < 4.78 is 0. The number of hydrogen-bond acceptors (Lipinski definition) is 2. The van der Waals surface area contributed by atoms with Gasteiger partial charge in [-0.1, -0.05) is 29.3 Å². The Morgan fingerprint density at radius 3 is 1.67 bits per heavy atom. The largest absolute Gasteiger partial charge is 0.355 e. The Morgan fingerprint density at radius 1 is 0.576 bits per heavy atom. The molecule has 0 atom stereocenters. The Bertz CT molecular complexity index is 1590. The molecule has 0 fully saturated rings. The molecule has 2 aliphatic rings. The van der Waals surface area contributed by atoms with Gasteiger partial charge in [0.05, 0.1) is 22.8 Å². The normalized spacial score (nSPS) is 12.1. The van der Waals surface area contributed by atoms with Gasteiger partial charge in [-0.3, -0.25) is 0 Å². The number of hydrogen-bond donors (Lipinski definition) is 2. The molecule has 6 rings (SSSR count). The first-order chi connectivity index (χ1) is 15.6. The Hall–Kier alpha value is -2.98. The van der Waals surface area contributed by atoms with Gasteiger partial charge in [0.15, 0.2) is 0 Å². The van der Waals surface area contributed by atoms with Crippen LogP contribution in [0.25, 0.3) is 57.5 Å². The van der Waals surface area contributed by atoms with Crippen LogP contribution in [-0.2, 0) is 19.5 Å². The molecular weight excluding hydrogens is 505 g/mol. The Labute approximate surface area is 212 Å². The molecule has 8 bridgehead atoms. The van der Waals surface area contributed by atoms with Gasteiger partial charge in [0.25, 0.3) is 0 Å². The van der Waals surface area contributed by atoms with Crippen LogP contribution in [0, 0.1) is 0 Å². The number of nitrogens with one attached hydrogen (secondary N) is 2. The zero-order valence-corrected chi connectivity index (χ0v) is 21.9. The van der Waals surface area contributed by atoms with E-state index in [1.54, 1.807) is 0 Å². The average molecular weight is 521 g/mol. The van der Waals surface area contributed by atoms with Crippen molar-refractivity contribution in [2.45, 2.75) is 0 Å². The second-order valence-corrected chi connectivity index (χ2v) is 8.50. The predicted octanol–water partition coefficient (Wildman–Crippen LogP) is 7.63. The topological polar surface area (TPSA) is 57.4 Å². The number of halogens is 2. The number of aromatic amines is 2. The molecule has 0 saturated heterocycles. The van der Waals surface area contributed by atoms with Crippen LogP contribution in [0.15, 0.2) is 60.7 Å². The SMILES string of the molecule is Clc1cccc(Cl)c1-c1cc2cc3nc(cc4ccc(cc5nc(cc1[nH]2)C=C5)[nH]4)C=C3.[Zn]. The van der Waals surface area contributed by atoms with Crippen LogP contribution in [-0.4, -0.2) is 19.9 Å². The molecular formula is C26H16Cl2N4Zn. The van der Waals surface area contributed by atoms with Crippen LogP contribution in [0.5, 0.6) is 0 Å². The van der Waals surface area contributed by atoms with E-state index in [0.717, 1.165) is 56.0 Å². The van der Waals surface area contributed by atoms with Gasteiger partial charge < -0.3 is 9.97 Å². The van der Waals surface area contributed by atoms with Gasteiger partial charge in [0.2, 0.25) is 0 Å².